The van der Waals surface area contributed by atoms with E-state index in [9.17, 15) is 24.0 Å². The van der Waals surface area contributed by atoms with Crippen LogP contribution in [-0.4, -0.2) is 68.5 Å². The number of carbonyl (C=O) groups is 5. The predicted molar refractivity (Wildman–Crippen MR) is 202 cm³/mol. The standard InChI is InChI=1S/C42H57NO11/c1-10-49-40(46)35(37(41(47)50-11-2)36(42(48)54-28(5)6)30(8)39(45)53-27(3)4)26-29(7)38(44)52-25-15-13-12-14-24-51-34-22-18-32(19-23-34)31-16-20-33(43-9)21-17-31/h16-23,27-30,35-37H,10-15,24-26H2,1-8H3. The third-order valence-corrected chi connectivity index (χ3v) is 8.60. The topological polar surface area (TPSA) is 145 Å². The third-order valence-electron chi connectivity index (χ3n) is 8.60. The van der Waals surface area contributed by atoms with Crippen molar-refractivity contribution in [3.05, 3.63) is 59.9 Å². The first-order chi connectivity index (χ1) is 25.7. The molecule has 54 heavy (non-hydrogen) atoms. The Balaban J connectivity index is 2.00. The fraction of sp³-hybridized carbons (Fsp3) is 0.571. The van der Waals surface area contributed by atoms with Crippen molar-refractivity contribution in [1.29, 1.82) is 0 Å². The van der Waals surface area contributed by atoms with Crippen LogP contribution in [0, 0.1) is 36.2 Å². The zero-order chi connectivity index (χ0) is 40.2. The summed E-state index contributed by atoms with van der Waals surface area (Å²) in [5.41, 5.74) is 2.66. The van der Waals surface area contributed by atoms with E-state index in [-0.39, 0.29) is 26.2 Å². The molecular weight excluding hydrogens is 694 g/mol. The Kier molecular flexibility index (Phi) is 19.8. The number of carbonyl (C=O) groups excluding carboxylic acids is 5. The smallest absolute Gasteiger partial charge is 0.310 e. The van der Waals surface area contributed by atoms with Crippen LogP contribution in [0.5, 0.6) is 5.75 Å². The van der Waals surface area contributed by atoms with Crippen molar-refractivity contribution < 1.29 is 52.4 Å². The molecule has 0 N–H and O–H groups in total. The molecule has 2 aromatic rings. The van der Waals surface area contributed by atoms with Gasteiger partial charge in [0.15, 0.2) is 5.69 Å². The van der Waals surface area contributed by atoms with Crippen molar-refractivity contribution >= 4 is 35.5 Å². The van der Waals surface area contributed by atoms with Gasteiger partial charge in [0.05, 0.1) is 74.8 Å². The van der Waals surface area contributed by atoms with E-state index in [0.717, 1.165) is 36.1 Å². The second kappa shape index (κ2) is 23.7. The van der Waals surface area contributed by atoms with E-state index in [0.29, 0.717) is 18.7 Å². The van der Waals surface area contributed by atoms with Gasteiger partial charge in [0, 0.05) is 0 Å². The number of hydrogen-bond acceptors (Lipinski definition) is 11. The minimum atomic E-state index is -1.51. The molecule has 296 valence electrons. The minimum Gasteiger partial charge on any atom is -0.494 e. The predicted octanol–water partition coefficient (Wildman–Crippen LogP) is 7.93. The lowest BCUT2D eigenvalue weighted by Crippen LogP contribution is -2.47. The molecule has 0 spiro atoms. The third kappa shape index (κ3) is 14.8. The molecular formula is C42H57NO11. The van der Waals surface area contributed by atoms with Gasteiger partial charge in [-0.3, -0.25) is 24.0 Å². The van der Waals surface area contributed by atoms with Gasteiger partial charge in [-0.2, -0.15) is 0 Å². The summed E-state index contributed by atoms with van der Waals surface area (Å²) in [5.74, 6) is -9.51. The summed E-state index contributed by atoms with van der Waals surface area (Å²) in [5, 5.41) is 0. The van der Waals surface area contributed by atoms with E-state index in [1.54, 1.807) is 60.6 Å². The fourth-order valence-corrected chi connectivity index (χ4v) is 5.91. The molecule has 0 aromatic heterocycles. The summed E-state index contributed by atoms with van der Waals surface area (Å²) < 4.78 is 32.9. The largest absolute Gasteiger partial charge is 0.494 e. The Morgan fingerprint density at radius 1 is 0.593 bits per heavy atom. The fourth-order valence-electron chi connectivity index (χ4n) is 5.91. The van der Waals surface area contributed by atoms with Crippen LogP contribution in [0.25, 0.3) is 16.0 Å². The quantitative estimate of drug-likeness (QED) is 0.0472. The lowest BCUT2D eigenvalue weighted by molar-refractivity contribution is -0.178. The van der Waals surface area contributed by atoms with E-state index in [2.05, 4.69) is 4.85 Å². The van der Waals surface area contributed by atoms with Crippen LogP contribution >= 0.6 is 0 Å². The van der Waals surface area contributed by atoms with E-state index in [1.165, 1.54) is 6.92 Å². The molecule has 2 aromatic carbocycles. The Labute approximate surface area is 320 Å². The zero-order valence-corrected chi connectivity index (χ0v) is 33.0. The zero-order valence-electron chi connectivity index (χ0n) is 33.0. The molecule has 5 unspecified atom stereocenters. The van der Waals surface area contributed by atoms with Gasteiger partial charge in [-0.05, 0) is 96.9 Å². The minimum absolute atomic E-state index is 0.0201. The van der Waals surface area contributed by atoms with Crippen LogP contribution in [0.1, 0.15) is 87.5 Å². The normalized spacial score (nSPS) is 13.8. The van der Waals surface area contributed by atoms with Crippen molar-refractivity contribution in [1.82, 2.24) is 0 Å². The molecule has 0 saturated carbocycles. The number of nitrogens with zero attached hydrogens (tertiary/aromatic N) is 1. The first-order valence-electron chi connectivity index (χ1n) is 18.8. The van der Waals surface area contributed by atoms with Crippen LogP contribution in [0.4, 0.5) is 5.69 Å². The molecule has 0 radical (unpaired) electrons. The summed E-state index contributed by atoms with van der Waals surface area (Å²) in [6.07, 6.45) is 1.79. The molecule has 0 aliphatic carbocycles. The number of benzene rings is 2. The Hall–Kier alpha value is -4.92. The molecule has 0 aliphatic heterocycles. The highest BCUT2D eigenvalue weighted by molar-refractivity contribution is 5.90. The first-order valence-corrected chi connectivity index (χ1v) is 18.8. The number of unbranched alkanes of at least 4 members (excludes halogenated alkanes) is 3. The van der Waals surface area contributed by atoms with Crippen LogP contribution in [0.3, 0.4) is 0 Å². The van der Waals surface area contributed by atoms with Gasteiger partial charge in [0.2, 0.25) is 0 Å². The van der Waals surface area contributed by atoms with Crippen LogP contribution in [0.15, 0.2) is 48.5 Å². The molecule has 12 nitrogen and oxygen atoms in total. The summed E-state index contributed by atoms with van der Waals surface area (Å²) in [6, 6.07) is 15.2. The van der Waals surface area contributed by atoms with Crippen molar-refractivity contribution in [2.75, 3.05) is 26.4 Å². The van der Waals surface area contributed by atoms with Gasteiger partial charge < -0.3 is 28.4 Å². The number of esters is 5. The molecule has 0 heterocycles. The van der Waals surface area contributed by atoms with Gasteiger partial charge in [-0.15, -0.1) is 0 Å². The highest BCUT2D eigenvalue weighted by atomic mass is 16.6. The lowest BCUT2D eigenvalue weighted by Gasteiger charge is -2.33. The van der Waals surface area contributed by atoms with E-state index < -0.39 is 71.6 Å². The number of ether oxygens (including phenoxy) is 6. The van der Waals surface area contributed by atoms with Crippen LogP contribution in [-0.2, 0) is 47.7 Å². The Bertz CT molecular complexity index is 1530. The molecule has 0 fully saturated rings. The van der Waals surface area contributed by atoms with Crippen molar-refractivity contribution in [3.63, 3.8) is 0 Å². The SMILES string of the molecule is [C-]#[N+]c1ccc(-c2ccc(OCCCCCCOC(=O)C(C)CC(C(=O)OCC)C(C(=O)OCC)C(C(=O)OC(C)C)C(C)C(=O)OC(C)C)cc2)cc1. The molecule has 0 saturated heterocycles. The van der Waals surface area contributed by atoms with Gasteiger partial charge >= 0.3 is 29.8 Å². The summed E-state index contributed by atoms with van der Waals surface area (Å²) in [6.45, 7) is 20.5. The molecule has 12 heteroatoms. The molecule has 2 rings (SSSR count). The molecule has 0 bridgehead atoms. The number of hydrogen-bond donors (Lipinski definition) is 0. The molecule has 0 amide bonds. The first kappa shape index (κ1) is 45.2. The van der Waals surface area contributed by atoms with Gasteiger partial charge in [0.25, 0.3) is 0 Å². The summed E-state index contributed by atoms with van der Waals surface area (Å²) in [7, 11) is 0. The van der Waals surface area contributed by atoms with E-state index in [4.69, 9.17) is 35.0 Å². The monoisotopic (exact) mass is 751 g/mol. The van der Waals surface area contributed by atoms with Crippen molar-refractivity contribution in [2.45, 2.75) is 99.7 Å². The second-order valence-corrected chi connectivity index (χ2v) is 13.7. The molecule has 5 atom stereocenters. The molecule has 0 aliphatic rings. The summed E-state index contributed by atoms with van der Waals surface area (Å²) in [4.78, 5) is 70.3. The maximum absolute atomic E-state index is 13.6. The van der Waals surface area contributed by atoms with Gasteiger partial charge in [-0.25, -0.2) is 4.85 Å². The lowest BCUT2D eigenvalue weighted by atomic mass is 9.72. The van der Waals surface area contributed by atoms with Crippen LogP contribution in [0.2, 0.25) is 0 Å². The van der Waals surface area contributed by atoms with Gasteiger partial charge in [0.1, 0.15) is 5.75 Å². The highest BCUT2D eigenvalue weighted by Gasteiger charge is 2.50. The average Bonchev–Trinajstić information content (AvgIpc) is 3.13. The van der Waals surface area contributed by atoms with E-state index in [1.807, 2.05) is 36.4 Å². The second-order valence-electron chi connectivity index (χ2n) is 13.7. The maximum atomic E-state index is 13.6. The van der Waals surface area contributed by atoms with Crippen molar-refractivity contribution in [2.24, 2.45) is 29.6 Å². The maximum Gasteiger partial charge on any atom is 0.310 e. The highest BCUT2D eigenvalue weighted by Crippen LogP contribution is 2.36. The van der Waals surface area contributed by atoms with Gasteiger partial charge in [-0.1, -0.05) is 50.2 Å². The Morgan fingerprint density at radius 2 is 1.11 bits per heavy atom. The van der Waals surface area contributed by atoms with Crippen molar-refractivity contribution in [3.8, 4) is 16.9 Å². The number of rotatable bonds is 23. The average molecular weight is 752 g/mol. The Morgan fingerprint density at radius 3 is 1.65 bits per heavy atom. The summed E-state index contributed by atoms with van der Waals surface area (Å²) >= 11 is 0. The van der Waals surface area contributed by atoms with Crippen LogP contribution < -0.4 is 4.74 Å². The van der Waals surface area contributed by atoms with E-state index >= 15 is 0 Å².